The third-order valence-electron chi connectivity index (χ3n) is 4.07. The van der Waals surface area contributed by atoms with Gasteiger partial charge in [0.15, 0.2) is 6.61 Å². The maximum absolute atomic E-state index is 13.9. The van der Waals surface area contributed by atoms with Crippen molar-refractivity contribution >= 4 is 50.9 Å². The van der Waals surface area contributed by atoms with E-state index in [9.17, 15) is 18.8 Å². The SMILES string of the molecule is CCOC(=O)COc1ccc(Br)cc1/C=C1\SC(=O)N(Cc2ccccc2F)C1=O. The van der Waals surface area contributed by atoms with Crippen LogP contribution in [0.5, 0.6) is 5.75 Å². The van der Waals surface area contributed by atoms with Gasteiger partial charge in [-0.05, 0) is 49.0 Å². The highest BCUT2D eigenvalue weighted by Gasteiger charge is 2.35. The molecule has 156 valence electrons. The van der Waals surface area contributed by atoms with Gasteiger partial charge in [0.2, 0.25) is 0 Å². The Labute approximate surface area is 185 Å². The fraction of sp³-hybridized carbons (Fsp3) is 0.190. The number of hydrogen-bond acceptors (Lipinski definition) is 6. The minimum absolute atomic E-state index is 0.153. The average Bonchev–Trinajstić information content (AvgIpc) is 2.96. The fourth-order valence-electron chi connectivity index (χ4n) is 2.68. The molecular weight excluding hydrogens is 477 g/mol. The lowest BCUT2D eigenvalue weighted by Gasteiger charge is -2.13. The highest BCUT2D eigenvalue weighted by Crippen LogP contribution is 2.35. The van der Waals surface area contributed by atoms with E-state index >= 15 is 0 Å². The molecule has 0 aliphatic carbocycles. The van der Waals surface area contributed by atoms with Crippen LogP contribution < -0.4 is 4.74 Å². The number of esters is 1. The quantitative estimate of drug-likeness (QED) is 0.408. The van der Waals surface area contributed by atoms with Crippen LogP contribution in [0.15, 0.2) is 51.8 Å². The first-order valence-corrected chi connectivity index (χ1v) is 10.6. The molecule has 1 aliphatic heterocycles. The van der Waals surface area contributed by atoms with E-state index in [0.717, 1.165) is 21.1 Å². The van der Waals surface area contributed by atoms with Gasteiger partial charge in [0.25, 0.3) is 11.1 Å². The summed E-state index contributed by atoms with van der Waals surface area (Å²) in [6.45, 7) is 1.50. The zero-order chi connectivity index (χ0) is 21.7. The number of rotatable bonds is 7. The van der Waals surface area contributed by atoms with Gasteiger partial charge in [-0.15, -0.1) is 0 Å². The first-order valence-electron chi connectivity index (χ1n) is 8.95. The average molecular weight is 494 g/mol. The van der Waals surface area contributed by atoms with E-state index < -0.39 is 22.9 Å². The van der Waals surface area contributed by atoms with Crippen LogP contribution in [-0.2, 0) is 20.9 Å². The number of amides is 2. The molecular formula is C21H17BrFNO5S. The molecule has 0 unspecified atom stereocenters. The van der Waals surface area contributed by atoms with Crippen LogP contribution in [0.2, 0.25) is 0 Å². The molecule has 2 aromatic rings. The molecule has 30 heavy (non-hydrogen) atoms. The summed E-state index contributed by atoms with van der Waals surface area (Å²) in [5.41, 5.74) is 0.757. The van der Waals surface area contributed by atoms with Gasteiger partial charge in [-0.25, -0.2) is 9.18 Å². The molecule has 9 heteroatoms. The first kappa shape index (κ1) is 22.0. The number of thioether (sulfide) groups is 1. The molecule has 6 nitrogen and oxygen atoms in total. The van der Waals surface area contributed by atoms with Crippen molar-refractivity contribution in [1.29, 1.82) is 0 Å². The molecule has 1 aliphatic rings. The van der Waals surface area contributed by atoms with E-state index in [1.807, 2.05) is 0 Å². The monoisotopic (exact) mass is 493 g/mol. The highest BCUT2D eigenvalue weighted by molar-refractivity contribution is 9.10. The predicted octanol–water partition coefficient (Wildman–Crippen LogP) is 4.77. The number of imide groups is 1. The van der Waals surface area contributed by atoms with Gasteiger partial charge in [0, 0.05) is 15.6 Å². The standard InChI is InChI=1S/C21H17BrFNO5S/c1-2-28-19(25)12-29-17-8-7-15(22)9-14(17)10-18-20(26)24(21(27)30-18)11-13-5-3-4-6-16(13)23/h3-10H,2,11-12H2,1H3/b18-10-. The minimum Gasteiger partial charge on any atom is -0.481 e. The van der Waals surface area contributed by atoms with E-state index in [-0.39, 0.29) is 30.2 Å². The summed E-state index contributed by atoms with van der Waals surface area (Å²) < 4.78 is 25.0. The van der Waals surface area contributed by atoms with Crippen LogP contribution in [0.1, 0.15) is 18.1 Å². The molecule has 0 saturated carbocycles. The Morgan fingerprint density at radius 1 is 1.23 bits per heavy atom. The summed E-state index contributed by atoms with van der Waals surface area (Å²) >= 11 is 4.12. The Morgan fingerprint density at radius 3 is 2.73 bits per heavy atom. The number of benzene rings is 2. The third-order valence-corrected chi connectivity index (χ3v) is 5.47. The molecule has 1 fully saturated rings. The van der Waals surface area contributed by atoms with Crippen LogP contribution in [0, 0.1) is 5.82 Å². The number of nitrogens with zero attached hydrogens (tertiary/aromatic N) is 1. The molecule has 3 rings (SSSR count). The zero-order valence-electron chi connectivity index (χ0n) is 15.9. The molecule has 0 N–H and O–H groups in total. The van der Waals surface area contributed by atoms with E-state index in [2.05, 4.69) is 15.9 Å². The van der Waals surface area contributed by atoms with Crippen molar-refractivity contribution in [3.63, 3.8) is 0 Å². The van der Waals surface area contributed by atoms with Crippen LogP contribution in [0.3, 0.4) is 0 Å². The van der Waals surface area contributed by atoms with Gasteiger partial charge in [-0.1, -0.05) is 34.1 Å². The van der Waals surface area contributed by atoms with Crippen LogP contribution >= 0.6 is 27.7 Å². The number of halogens is 2. The summed E-state index contributed by atoms with van der Waals surface area (Å²) in [7, 11) is 0. The summed E-state index contributed by atoms with van der Waals surface area (Å²) in [5.74, 6) is -1.17. The molecule has 1 heterocycles. The molecule has 0 aromatic heterocycles. The van der Waals surface area contributed by atoms with Crippen molar-refractivity contribution < 1.29 is 28.2 Å². The summed E-state index contributed by atoms with van der Waals surface area (Å²) in [4.78, 5) is 37.8. The van der Waals surface area contributed by atoms with Gasteiger partial charge in [-0.2, -0.15) is 0 Å². The van der Waals surface area contributed by atoms with Crippen LogP contribution in [0.4, 0.5) is 9.18 Å². The second-order valence-corrected chi connectivity index (χ2v) is 8.04. The molecule has 2 aromatic carbocycles. The lowest BCUT2D eigenvalue weighted by Crippen LogP contribution is -2.27. The van der Waals surface area contributed by atoms with Gasteiger partial charge in [0.1, 0.15) is 11.6 Å². The van der Waals surface area contributed by atoms with Crippen molar-refractivity contribution in [3.05, 3.63) is 68.8 Å². The molecule has 1 saturated heterocycles. The van der Waals surface area contributed by atoms with E-state index in [1.165, 1.54) is 24.3 Å². The Morgan fingerprint density at radius 2 is 2.00 bits per heavy atom. The van der Waals surface area contributed by atoms with Gasteiger partial charge < -0.3 is 9.47 Å². The largest absolute Gasteiger partial charge is 0.481 e. The smallest absolute Gasteiger partial charge is 0.344 e. The van der Waals surface area contributed by atoms with Crippen molar-refractivity contribution in [2.75, 3.05) is 13.2 Å². The summed E-state index contributed by atoms with van der Waals surface area (Å²) in [5, 5.41) is -0.488. The second-order valence-electron chi connectivity index (χ2n) is 6.14. The second kappa shape index (κ2) is 9.90. The van der Waals surface area contributed by atoms with Crippen molar-refractivity contribution in [1.82, 2.24) is 4.90 Å². The zero-order valence-corrected chi connectivity index (χ0v) is 18.3. The Bertz CT molecular complexity index is 1030. The maximum atomic E-state index is 13.9. The normalized spacial score (nSPS) is 15.0. The third kappa shape index (κ3) is 5.28. The summed E-state index contributed by atoms with van der Waals surface area (Å²) in [6, 6.07) is 11.0. The Hall–Kier alpha value is -2.65. The van der Waals surface area contributed by atoms with Gasteiger partial charge in [0.05, 0.1) is 18.1 Å². The number of carbonyl (C=O) groups excluding carboxylic acids is 3. The van der Waals surface area contributed by atoms with Crippen molar-refractivity contribution in [2.24, 2.45) is 0 Å². The first-order chi connectivity index (χ1) is 14.4. The minimum atomic E-state index is -0.524. The number of carbonyl (C=O) groups is 3. The molecule has 2 amide bonds. The van der Waals surface area contributed by atoms with E-state index in [4.69, 9.17) is 9.47 Å². The van der Waals surface area contributed by atoms with Crippen molar-refractivity contribution in [3.8, 4) is 5.75 Å². The summed E-state index contributed by atoms with van der Waals surface area (Å²) in [6.07, 6.45) is 1.51. The number of hydrogen-bond donors (Lipinski definition) is 0. The molecule has 0 bridgehead atoms. The maximum Gasteiger partial charge on any atom is 0.344 e. The van der Waals surface area contributed by atoms with Crippen molar-refractivity contribution in [2.45, 2.75) is 13.5 Å². The lowest BCUT2D eigenvalue weighted by molar-refractivity contribution is -0.145. The van der Waals surface area contributed by atoms with Crippen LogP contribution in [0.25, 0.3) is 6.08 Å². The van der Waals surface area contributed by atoms with E-state index in [0.29, 0.717) is 11.3 Å². The topological polar surface area (TPSA) is 72.9 Å². The lowest BCUT2D eigenvalue weighted by atomic mass is 10.1. The van der Waals surface area contributed by atoms with Gasteiger partial charge in [-0.3, -0.25) is 14.5 Å². The molecule has 0 atom stereocenters. The Kier molecular flexibility index (Phi) is 7.28. The Balaban J connectivity index is 1.82. The molecule has 0 radical (unpaired) electrons. The van der Waals surface area contributed by atoms with Crippen LogP contribution in [-0.4, -0.2) is 35.2 Å². The number of ether oxygens (including phenoxy) is 2. The highest BCUT2D eigenvalue weighted by atomic mass is 79.9. The fourth-order valence-corrected chi connectivity index (χ4v) is 3.89. The predicted molar refractivity (Wildman–Crippen MR) is 114 cm³/mol. The van der Waals surface area contributed by atoms with Gasteiger partial charge >= 0.3 is 5.97 Å². The molecule has 0 spiro atoms. The van der Waals surface area contributed by atoms with E-state index in [1.54, 1.807) is 31.2 Å².